The lowest BCUT2D eigenvalue weighted by atomic mass is 9.87. The Labute approximate surface area is 136 Å². The lowest BCUT2D eigenvalue weighted by Gasteiger charge is -2.19. The molecular formula is C18H24FN3O. The standard InChI is InChI=1S/C18H24FN3O/c1-6-14-15(19)16(22(5)21-14)17(23)20-11-12-7-9-13(10-8-12)18(2,3)4/h7-10H,6,11H2,1-5H3,(H,20,23)/i19-1. The van der Waals surface area contributed by atoms with Crippen LogP contribution in [0.4, 0.5) is 4.39 Å². The number of nitrogens with zero attached hydrogens (tertiary/aromatic N) is 2. The second-order valence-electron chi connectivity index (χ2n) is 6.72. The molecule has 0 bridgehead atoms. The summed E-state index contributed by atoms with van der Waals surface area (Å²) in [5.41, 5.74) is 2.60. The number of aromatic nitrogens is 2. The monoisotopic (exact) mass is 316 g/mol. The minimum Gasteiger partial charge on any atom is -0.347 e. The molecule has 1 aromatic carbocycles. The minimum absolute atomic E-state index is 0.0202. The fourth-order valence-corrected chi connectivity index (χ4v) is 2.41. The first-order valence-corrected chi connectivity index (χ1v) is 7.83. The molecule has 0 fully saturated rings. The Morgan fingerprint density at radius 1 is 1.26 bits per heavy atom. The Morgan fingerprint density at radius 2 is 1.87 bits per heavy atom. The summed E-state index contributed by atoms with van der Waals surface area (Å²) >= 11 is 0. The van der Waals surface area contributed by atoms with E-state index in [1.807, 2.05) is 19.1 Å². The molecule has 5 heteroatoms. The molecule has 0 radical (unpaired) electrons. The first-order valence-electron chi connectivity index (χ1n) is 7.83. The van der Waals surface area contributed by atoms with Crippen molar-refractivity contribution in [2.24, 2.45) is 7.05 Å². The molecule has 2 aromatic rings. The average Bonchev–Trinajstić information content (AvgIpc) is 2.78. The quantitative estimate of drug-likeness (QED) is 0.940. The van der Waals surface area contributed by atoms with Gasteiger partial charge in [0, 0.05) is 13.6 Å². The summed E-state index contributed by atoms with van der Waals surface area (Å²) in [5, 5.41) is 6.78. The van der Waals surface area contributed by atoms with Gasteiger partial charge in [-0.1, -0.05) is 52.0 Å². The third kappa shape index (κ3) is 3.78. The van der Waals surface area contributed by atoms with Crippen molar-refractivity contribution < 1.29 is 9.18 Å². The molecule has 0 saturated carbocycles. The van der Waals surface area contributed by atoms with E-state index in [2.05, 4.69) is 43.3 Å². The average molecular weight is 316 g/mol. The predicted molar refractivity (Wildman–Crippen MR) is 88.9 cm³/mol. The van der Waals surface area contributed by atoms with E-state index in [9.17, 15) is 9.18 Å². The summed E-state index contributed by atoms with van der Waals surface area (Å²) in [7, 11) is 1.58. The fourth-order valence-electron chi connectivity index (χ4n) is 2.41. The van der Waals surface area contributed by atoms with Crippen LogP contribution in [0.3, 0.4) is 0 Å². The van der Waals surface area contributed by atoms with E-state index in [1.165, 1.54) is 10.2 Å². The van der Waals surface area contributed by atoms with Gasteiger partial charge in [-0.3, -0.25) is 9.48 Å². The van der Waals surface area contributed by atoms with Crippen LogP contribution in [-0.2, 0) is 25.4 Å². The number of hydrogen-bond acceptors (Lipinski definition) is 2. The van der Waals surface area contributed by atoms with Crippen LogP contribution in [0, 0.1) is 5.82 Å². The highest BCUT2D eigenvalue weighted by Crippen LogP contribution is 2.22. The van der Waals surface area contributed by atoms with Crippen LogP contribution in [0.25, 0.3) is 0 Å². The van der Waals surface area contributed by atoms with Gasteiger partial charge < -0.3 is 5.32 Å². The fraction of sp³-hybridized carbons (Fsp3) is 0.444. The van der Waals surface area contributed by atoms with E-state index < -0.39 is 11.7 Å². The van der Waals surface area contributed by atoms with Gasteiger partial charge in [-0.15, -0.1) is 0 Å². The van der Waals surface area contributed by atoms with Gasteiger partial charge in [0.25, 0.3) is 5.91 Å². The smallest absolute Gasteiger partial charge is 0.272 e. The van der Waals surface area contributed by atoms with Gasteiger partial charge in [0.05, 0.1) is 5.69 Å². The Morgan fingerprint density at radius 3 is 2.35 bits per heavy atom. The van der Waals surface area contributed by atoms with E-state index in [1.54, 1.807) is 7.05 Å². The molecule has 2 rings (SSSR count). The number of amides is 1. The SMILES string of the molecule is CCc1nn(C)c(C(=O)NCc2ccc(C(C)(C)C)cc2)c1[18F]. The molecule has 124 valence electrons. The molecular weight excluding hydrogens is 292 g/mol. The Hall–Kier alpha value is -2.17. The zero-order valence-electron chi connectivity index (χ0n) is 14.4. The van der Waals surface area contributed by atoms with Gasteiger partial charge in [0.1, 0.15) is 0 Å². The number of nitrogens with one attached hydrogen (secondary N) is 1. The first-order chi connectivity index (χ1) is 10.7. The van der Waals surface area contributed by atoms with Crippen LogP contribution in [-0.4, -0.2) is 15.7 Å². The van der Waals surface area contributed by atoms with Crippen LogP contribution in [0.5, 0.6) is 0 Å². The molecule has 0 aliphatic heterocycles. The van der Waals surface area contributed by atoms with Crippen molar-refractivity contribution in [1.82, 2.24) is 15.1 Å². The number of benzene rings is 1. The first kappa shape index (κ1) is 17.2. The number of halogens is 1. The minimum atomic E-state index is -0.532. The van der Waals surface area contributed by atoms with Crippen molar-refractivity contribution in [3.05, 3.63) is 52.6 Å². The third-order valence-corrected chi connectivity index (χ3v) is 3.88. The number of rotatable bonds is 4. The van der Waals surface area contributed by atoms with Crippen LogP contribution in [0.15, 0.2) is 24.3 Å². The molecule has 0 aliphatic carbocycles. The van der Waals surface area contributed by atoms with Crippen molar-refractivity contribution >= 4 is 5.91 Å². The molecule has 1 aromatic heterocycles. The summed E-state index contributed by atoms with van der Waals surface area (Å²) in [6.45, 7) is 8.63. The Balaban J connectivity index is 2.06. The van der Waals surface area contributed by atoms with E-state index in [0.717, 1.165) is 5.56 Å². The Bertz CT molecular complexity index is 696. The molecule has 1 heterocycles. The van der Waals surface area contributed by atoms with E-state index in [4.69, 9.17) is 0 Å². The van der Waals surface area contributed by atoms with Crippen LogP contribution < -0.4 is 5.32 Å². The normalized spacial score (nSPS) is 11.6. The lowest BCUT2D eigenvalue weighted by molar-refractivity contribution is 0.0937. The molecule has 1 amide bonds. The number of aryl methyl sites for hydroxylation is 2. The maximum Gasteiger partial charge on any atom is 0.272 e. The second-order valence-corrected chi connectivity index (χ2v) is 6.72. The highest BCUT2D eigenvalue weighted by molar-refractivity contribution is 5.92. The zero-order valence-corrected chi connectivity index (χ0v) is 14.4. The van der Waals surface area contributed by atoms with Crippen molar-refractivity contribution in [2.45, 2.75) is 46.1 Å². The largest absolute Gasteiger partial charge is 0.347 e. The van der Waals surface area contributed by atoms with Crippen molar-refractivity contribution in [1.29, 1.82) is 0 Å². The topological polar surface area (TPSA) is 46.9 Å². The summed E-state index contributed by atoms with van der Waals surface area (Å²) in [5.74, 6) is -0.979. The lowest BCUT2D eigenvalue weighted by Crippen LogP contribution is -2.26. The van der Waals surface area contributed by atoms with Crippen molar-refractivity contribution in [3.63, 3.8) is 0 Å². The molecule has 0 atom stereocenters. The number of carbonyl (C=O) groups is 1. The molecule has 0 saturated heterocycles. The molecule has 0 spiro atoms. The van der Waals surface area contributed by atoms with Gasteiger partial charge >= 0.3 is 0 Å². The van der Waals surface area contributed by atoms with E-state index >= 15 is 0 Å². The molecule has 1 N–H and O–H groups in total. The van der Waals surface area contributed by atoms with Crippen LogP contribution in [0.1, 0.15) is 55.0 Å². The van der Waals surface area contributed by atoms with Crippen LogP contribution in [0.2, 0.25) is 0 Å². The van der Waals surface area contributed by atoms with E-state index in [-0.39, 0.29) is 11.1 Å². The van der Waals surface area contributed by atoms with Gasteiger partial charge in [-0.25, -0.2) is 4.39 Å². The summed E-state index contributed by atoms with van der Waals surface area (Å²) in [6.07, 6.45) is 0.460. The van der Waals surface area contributed by atoms with Gasteiger partial charge in [-0.05, 0) is 23.0 Å². The summed E-state index contributed by atoms with van der Waals surface area (Å²) in [6, 6.07) is 8.08. The van der Waals surface area contributed by atoms with Gasteiger partial charge in [0.15, 0.2) is 11.5 Å². The van der Waals surface area contributed by atoms with Crippen molar-refractivity contribution in [2.75, 3.05) is 0 Å². The zero-order chi connectivity index (χ0) is 17.2. The molecule has 4 nitrogen and oxygen atoms in total. The van der Waals surface area contributed by atoms with Gasteiger partial charge in [0.2, 0.25) is 0 Å². The van der Waals surface area contributed by atoms with Gasteiger partial charge in [-0.2, -0.15) is 5.10 Å². The van der Waals surface area contributed by atoms with Crippen molar-refractivity contribution in [3.8, 4) is 0 Å². The number of hydrogen-bond donors (Lipinski definition) is 1. The molecule has 0 aliphatic rings. The highest BCUT2D eigenvalue weighted by atomic mass is 18.2. The third-order valence-electron chi connectivity index (χ3n) is 3.88. The Kier molecular flexibility index (Phi) is 4.88. The molecule has 0 unspecified atom stereocenters. The number of carbonyl (C=O) groups excluding carboxylic acids is 1. The maximum absolute atomic E-state index is 14.1. The van der Waals surface area contributed by atoms with Crippen LogP contribution >= 0.6 is 0 Å². The highest BCUT2D eigenvalue weighted by Gasteiger charge is 2.21. The maximum atomic E-state index is 14.1. The second kappa shape index (κ2) is 6.52. The summed E-state index contributed by atoms with van der Waals surface area (Å²) in [4.78, 5) is 12.2. The summed E-state index contributed by atoms with van der Waals surface area (Å²) < 4.78 is 15.4. The molecule has 23 heavy (non-hydrogen) atoms. The predicted octanol–water partition coefficient (Wildman–Crippen LogP) is 3.35. The van der Waals surface area contributed by atoms with E-state index in [0.29, 0.717) is 18.7 Å².